The molecule has 0 bridgehead atoms. The number of nitrogens with two attached hydrogens (primary N) is 5. The molecular weight excluding hydrogens is 1810 g/mol. The quantitative estimate of drug-likeness (QED) is 0.0252. The number of carbonyl (C=O) groups excluding carboxylic acids is 20. The zero-order valence-corrected chi connectivity index (χ0v) is 83.7. The molecule has 0 aromatic rings. The summed E-state index contributed by atoms with van der Waals surface area (Å²) in [4.78, 5) is 284. The van der Waals surface area contributed by atoms with Crippen LogP contribution in [-0.2, 0) is 101 Å². The predicted molar refractivity (Wildman–Crippen MR) is 512 cm³/mol. The summed E-state index contributed by atoms with van der Waals surface area (Å²) >= 11 is 1.41. The number of unbranched alkanes of at least 4 members (excludes halogenated alkanes) is 4. The largest absolute Gasteiger partial charge is 0.480 e. The Kier molecular flexibility index (Phi) is 62.6. The van der Waals surface area contributed by atoms with E-state index >= 15 is 0 Å². The predicted octanol–water partition coefficient (Wildman–Crippen LogP) is -6.77. The fourth-order valence-corrected chi connectivity index (χ4v) is 13.8. The molecule has 782 valence electrons. The van der Waals surface area contributed by atoms with Gasteiger partial charge in [0.05, 0.1) is 26.2 Å². The molecule has 0 spiro atoms. The van der Waals surface area contributed by atoms with Crippen molar-refractivity contribution >= 4 is 136 Å². The Morgan fingerprint density at radius 2 is 0.526 bits per heavy atom. The second-order valence-corrected chi connectivity index (χ2v) is 36.6. The summed E-state index contributed by atoms with van der Waals surface area (Å²) in [5.74, 6) is -19.4. The number of carboxylic acid groups (broad SMARTS) is 1. The number of nitrogens with one attached hydrogen (secondary N) is 20. The van der Waals surface area contributed by atoms with Crippen molar-refractivity contribution in [2.75, 3.05) is 64.4 Å². The Labute approximate surface area is 807 Å². The van der Waals surface area contributed by atoms with Gasteiger partial charge in [0.2, 0.25) is 118 Å². The molecular formula is C88H161N25O23S. The molecule has 0 aliphatic heterocycles. The topological polar surface area (TPSA) is 770 Å². The molecule has 48 nitrogen and oxygen atoms in total. The number of hydrogen-bond acceptors (Lipinski definition) is 28. The number of rotatable bonds is 70. The normalized spacial score (nSPS) is 15.6. The van der Waals surface area contributed by atoms with E-state index < -0.39 is 270 Å². The van der Waals surface area contributed by atoms with Crippen LogP contribution in [0.1, 0.15) is 227 Å². The van der Waals surface area contributed by atoms with Crippen molar-refractivity contribution in [2.24, 2.45) is 58.3 Å². The lowest BCUT2D eigenvalue weighted by Gasteiger charge is -2.29. The summed E-state index contributed by atoms with van der Waals surface area (Å²) < 4.78 is 0. The molecule has 0 aromatic carbocycles. The first-order valence-electron chi connectivity index (χ1n) is 47.2. The van der Waals surface area contributed by atoms with E-state index in [1.807, 2.05) is 0 Å². The van der Waals surface area contributed by atoms with Crippen molar-refractivity contribution in [2.45, 2.75) is 336 Å². The van der Waals surface area contributed by atoms with Gasteiger partial charge in [0, 0.05) is 0 Å². The van der Waals surface area contributed by atoms with E-state index in [-0.39, 0.29) is 89.5 Å². The van der Waals surface area contributed by atoms with Crippen molar-refractivity contribution < 1.29 is 111 Å². The van der Waals surface area contributed by atoms with Gasteiger partial charge in [-0.1, -0.05) is 82.1 Å². The van der Waals surface area contributed by atoms with E-state index in [1.54, 1.807) is 75.5 Å². The van der Waals surface area contributed by atoms with Gasteiger partial charge in [-0.25, -0.2) is 4.79 Å². The van der Waals surface area contributed by atoms with Gasteiger partial charge in [0.15, 0.2) is 0 Å². The first-order valence-corrected chi connectivity index (χ1v) is 48.6. The molecule has 20 amide bonds. The molecule has 0 radical (unpaired) electrons. The van der Waals surface area contributed by atoms with Gasteiger partial charge in [0.25, 0.3) is 0 Å². The monoisotopic (exact) mass is 1970 g/mol. The maximum absolute atomic E-state index is 14.3. The van der Waals surface area contributed by atoms with Gasteiger partial charge >= 0.3 is 5.97 Å². The smallest absolute Gasteiger partial charge is 0.326 e. The Bertz CT molecular complexity index is 3930. The summed E-state index contributed by atoms with van der Waals surface area (Å²) in [6.45, 7) is 24.4. The minimum absolute atomic E-state index is 0.00111. The fraction of sp³-hybridized carbons (Fsp3) is 0.761. The zero-order chi connectivity index (χ0) is 105. The van der Waals surface area contributed by atoms with Crippen LogP contribution < -0.4 is 135 Å². The van der Waals surface area contributed by atoms with E-state index in [2.05, 4.69) is 106 Å². The SMILES string of the molecule is CC[C@H](C)[C@H](NC(=O)[C@H](C)NC(=O)CNC(=O)[C@H](C)NC(=O)[C@H](CCCCN)NC(=O)[C@H](CO)NC(=O)[C@H](C)NC(=O)[C@H](CCSC)NC(=O)CN)C(=O)N[C@@H](C)C(=O)NCC(=O)N[C@@H](CCCCN)C(=O)N[C@H](C(=O)N[C@@H](C)C(=O)N[C@@H](CCCCN)C(=O)N[C@H](C(=O)N[C@@H](C)C(=O)N[C@@H](CC(C)C)C(=O)N[C@@H](CCCCN)C(=O)N[C@@H](C)C(=O)N[C@@H](CC(C)C)C(=O)O)C(C)C)[C@@H](C)CC. The number of carbonyl (C=O) groups is 21. The highest BCUT2D eigenvalue weighted by Gasteiger charge is 2.39. The third kappa shape index (κ3) is 49.7. The molecule has 0 fully saturated rings. The Morgan fingerprint density at radius 1 is 0.270 bits per heavy atom. The van der Waals surface area contributed by atoms with Crippen LogP contribution in [0.2, 0.25) is 0 Å². The molecule has 0 aromatic heterocycles. The minimum Gasteiger partial charge on any atom is -0.480 e. The van der Waals surface area contributed by atoms with E-state index in [9.17, 15) is 111 Å². The van der Waals surface area contributed by atoms with Crippen molar-refractivity contribution in [3.8, 4) is 0 Å². The van der Waals surface area contributed by atoms with Crippen LogP contribution in [0.15, 0.2) is 0 Å². The first-order chi connectivity index (χ1) is 64.4. The van der Waals surface area contributed by atoms with Gasteiger partial charge < -0.3 is 145 Å². The van der Waals surface area contributed by atoms with Crippen molar-refractivity contribution in [3.63, 3.8) is 0 Å². The Morgan fingerprint density at radius 3 is 0.861 bits per heavy atom. The van der Waals surface area contributed by atoms with Crippen molar-refractivity contribution in [1.29, 1.82) is 0 Å². The molecule has 0 aliphatic carbocycles. The lowest BCUT2D eigenvalue weighted by molar-refractivity contribution is -0.142. The second kappa shape index (κ2) is 68.1. The van der Waals surface area contributed by atoms with Gasteiger partial charge in [0.1, 0.15) is 109 Å². The van der Waals surface area contributed by atoms with Crippen LogP contribution in [0.25, 0.3) is 0 Å². The number of aliphatic hydroxyl groups excluding tert-OH is 1. The lowest BCUT2D eigenvalue weighted by atomic mass is 9.97. The zero-order valence-electron chi connectivity index (χ0n) is 82.9. The van der Waals surface area contributed by atoms with E-state index in [0.717, 1.165) is 0 Å². The summed E-state index contributed by atoms with van der Waals surface area (Å²) in [7, 11) is 0. The van der Waals surface area contributed by atoms with Crippen molar-refractivity contribution in [1.82, 2.24) is 106 Å². The number of amides is 20. The van der Waals surface area contributed by atoms with Crippen LogP contribution in [-0.4, -0.2) is 308 Å². The van der Waals surface area contributed by atoms with Gasteiger partial charge in [-0.05, 0) is 213 Å². The first kappa shape index (κ1) is 126. The molecule has 0 rings (SSSR count). The van der Waals surface area contributed by atoms with E-state index in [4.69, 9.17) is 28.7 Å². The molecule has 0 heterocycles. The maximum atomic E-state index is 14.3. The van der Waals surface area contributed by atoms with Crippen LogP contribution in [0, 0.1) is 29.6 Å². The molecule has 0 unspecified atom stereocenters. The standard InChI is InChI=1S/C88H161N25O23S/c1-19-48(9)69(112-77(124)52(13)96-66(116)42-94-71(118)50(11)97-78(125)59(31-23-27-36-91)107-84(131)64(44-114)110-76(123)54(15)99-80(127)61(33-38-137-18)103-65(115)41-93)86(133)100-51(12)72(119)95-43-67(117)104-57(29-21-25-34-89)81(128)113-70(49(10)20-2)87(134)102-55(16)73(120)105-60(32-24-28-37-92)82(129)111-68(47(7)8)85(132)101-56(17)74(121)108-62(39-45(3)4)83(130)106-58(30-22-26-35-90)79(126)98-53(14)75(122)109-63(88(135)136)40-46(5)6/h45-64,68-70,114H,19-44,89-93H2,1-18H3,(H,94,118)(H,95,119)(H,96,116)(H,97,125)(H,98,126)(H,99,127)(H,100,133)(H,101,132)(H,102,134)(H,103,115)(H,104,117)(H,105,120)(H,106,130)(H,107,131)(H,108,121)(H,109,122)(H,110,123)(H,111,129)(H,112,124)(H,113,128)(H,135,136)/t48-,49-,50-,51-,52-,53-,54-,55-,56-,57-,58-,59-,60-,61-,62-,63-,64-,68-,69-,70-/m0/s1. The number of thioether (sulfide) groups is 1. The summed E-state index contributed by atoms with van der Waals surface area (Å²) in [5, 5.41) is 70.3. The van der Waals surface area contributed by atoms with Crippen LogP contribution in [0.5, 0.6) is 0 Å². The number of hydrogen-bond donors (Lipinski definition) is 27. The molecule has 137 heavy (non-hydrogen) atoms. The van der Waals surface area contributed by atoms with Crippen LogP contribution >= 0.6 is 11.8 Å². The summed E-state index contributed by atoms with van der Waals surface area (Å²) in [6, 6.07) is -23.5. The van der Waals surface area contributed by atoms with Crippen LogP contribution in [0.3, 0.4) is 0 Å². The molecule has 49 heteroatoms. The fourth-order valence-electron chi connectivity index (χ4n) is 13.3. The number of carboxylic acids is 1. The average molecular weight is 1970 g/mol. The highest BCUT2D eigenvalue weighted by molar-refractivity contribution is 7.98. The second-order valence-electron chi connectivity index (χ2n) is 35.6. The molecule has 20 atom stereocenters. The molecule has 0 saturated heterocycles. The maximum Gasteiger partial charge on any atom is 0.326 e. The van der Waals surface area contributed by atoms with Gasteiger partial charge in [-0.2, -0.15) is 11.8 Å². The Balaban J connectivity index is 6.22. The molecule has 0 saturated carbocycles. The highest BCUT2D eigenvalue weighted by Crippen LogP contribution is 2.17. The summed E-state index contributed by atoms with van der Waals surface area (Å²) in [6.07, 6.45) is 5.87. The third-order valence-corrected chi connectivity index (χ3v) is 22.9. The minimum atomic E-state index is -1.63. The highest BCUT2D eigenvalue weighted by atomic mass is 32.2. The van der Waals surface area contributed by atoms with E-state index in [1.165, 1.54) is 60.2 Å². The number of aliphatic carboxylic acids is 1. The summed E-state index contributed by atoms with van der Waals surface area (Å²) in [5.41, 5.74) is 28.4. The van der Waals surface area contributed by atoms with Gasteiger partial charge in [-0.15, -0.1) is 0 Å². The Hall–Kier alpha value is -11.0. The van der Waals surface area contributed by atoms with E-state index in [0.29, 0.717) is 70.0 Å². The van der Waals surface area contributed by atoms with Crippen molar-refractivity contribution in [3.05, 3.63) is 0 Å². The van der Waals surface area contributed by atoms with Crippen LogP contribution in [0.4, 0.5) is 0 Å². The third-order valence-electron chi connectivity index (χ3n) is 22.2. The lowest BCUT2D eigenvalue weighted by Crippen LogP contribution is -2.61. The number of aliphatic hydroxyl groups is 1. The molecule has 32 N–H and O–H groups in total. The average Bonchev–Trinajstić information content (AvgIpc) is 0.853. The molecule has 0 aliphatic rings. The van der Waals surface area contributed by atoms with Gasteiger partial charge in [-0.3, -0.25) is 95.9 Å².